The van der Waals surface area contributed by atoms with Crippen molar-refractivity contribution in [3.63, 3.8) is 0 Å². The number of methoxy groups -OCH3 is 1. The Balaban J connectivity index is 1.93. The highest BCUT2D eigenvalue weighted by Gasteiger charge is 2.13. The summed E-state index contributed by atoms with van der Waals surface area (Å²) in [7, 11) is 1.63. The molecule has 0 fully saturated rings. The fourth-order valence-electron chi connectivity index (χ4n) is 1.75. The first-order valence-electron chi connectivity index (χ1n) is 6.09. The van der Waals surface area contributed by atoms with Gasteiger partial charge in [0.05, 0.1) is 21.8 Å². The van der Waals surface area contributed by atoms with E-state index in [0.717, 1.165) is 22.3 Å². The minimum Gasteiger partial charge on any atom is -0.385 e. The van der Waals surface area contributed by atoms with Crippen molar-refractivity contribution in [3.8, 4) is 0 Å². The Bertz CT molecular complexity index is 556. The molecule has 1 aromatic carbocycles. The maximum Gasteiger partial charge on any atom is 0.241 e. The molecule has 2 rings (SSSR count). The van der Waals surface area contributed by atoms with Crippen molar-refractivity contribution in [2.75, 3.05) is 19.0 Å². The number of thiazole rings is 1. The lowest BCUT2D eigenvalue weighted by atomic mass is 10.1. The summed E-state index contributed by atoms with van der Waals surface area (Å²) in [5, 5.41) is 2.82. The van der Waals surface area contributed by atoms with Gasteiger partial charge in [0.25, 0.3) is 0 Å². The maximum absolute atomic E-state index is 11.9. The third-order valence-corrected chi connectivity index (χ3v) is 3.59. The summed E-state index contributed by atoms with van der Waals surface area (Å²) in [5.41, 5.74) is 9.30. The molecule has 1 aromatic heterocycles. The van der Waals surface area contributed by atoms with E-state index in [-0.39, 0.29) is 5.91 Å². The molecule has 3 N–H and O–H groups in total. The van der Waals surface area contributed by atoms with E-state index in [1.54, 1.807) is 24.0 Å². The highest BCUT2D eigenvalue weighted by Crippen LogP contribution is 2.21. The molecule has 1 amide bonds. The SMILES string of the molecule is COCCCC(N)C(=O)Nc1ccc2ncsc2c1. The van der Waals surface area contributed by atoms with Crippen LogP contribution in [0.4, 0.5) is 5.69 Å². The summed E-state index contributed by atoms with van der Waals surface area (Å²) >= 11 is 1.54. The van der Waals surface area contributed by atoms with Crippen LogP contribution in [0.2, 0.25) is 0 Å². The number of nitrogens with one attached hydrogen (secondary N) is 1. The van der Waals surface area contributed by atoms with Gasteiger partial charge in [-0.1, -0.05) is 0 Å². The van der Waals surface area contributed by atoms with Crippen LogP contribution in [0.3, 0.4) is 0 Å². The Morgan fingerprint density at radius 2 is 2.42 bits per heavy atom. The van der Waals surface area contributed by atoms with Crippen LogP contribution in [-0.2, 0) is 9.53 Å². The van der Waals surface area contributed by atoms with E-state index in [0.29, 0.717) is 13.0 Å². The summed E-state index contributed by atoms with van der Waals surface area (Å²) in [4.78, 5) is 16.1. The minimum atomic E-state index is -0.507. The van der Waals surface area contributed by atoms with Gasteiger partial charge in [0.2, 0.25) is 5.91 Å². The molecule has 1 atom stereocenters. The second kappa shape index (κ2) is 6.60. The third-order valence-electron chi connectivity index (χ3n) is 2.80. The molecular weight excluding hydrogens is 262 g/mol. The summed E-state index contributed by atoms with van der Waals surface area (Å²) < 4.78 is 5.98. The summed E-state index contributed by atoms with van der Waals surface area (Å²) in [6.45, 7) is 0.619. The second-order valence-corrected chi connectivity index (χ2v) is 5.15. The fraction of sp³-hybridized carbons (Fsp3) is 0.385. The minimum absolute atomic E-state index is 0.167. The van der Waals surface area contributed by atoms with Gasteiger partial charge in [-0.25, -0.2) is 4.98 Å². The average Bonchev–Trinajstić information content (AvgIpc) is 2.86. The average molecular weight is 279 g/mol. The molecule has 0 saturated carbocycles. The van der Waals surface area contributed by atoms with Crippen molar-refractivity contribution in [1.82, 2.24) is 4.98 Å². The van der Waals surface area contributed by atoms with Crippen LogP contribution in [0.25, 0.3) is 10.2 Å². The Morgan fingerprint density at radius 3 is 3.21 bits per heavy atom. The van der Waals surface area contributed by atoms with Crippen molar-refractivity contribution in [1.29, 1.82) is 0 Å². The van der Waals surface area contributed by atoms with Crippen molar-refractivity contribution >= 4 is 33.1 Å². The van der Waals surface area contributed by atoms with Crippen LogP contribution in [0, 0.1) is 0 Å². The quantitative estimate of drug-likeness (QED) is 0.793. The molecule has 6 heteroatoms. The van der Waals surface area contributed by atoms with Crippen LogP contribution in [0.1, 0.15) is 12.8 Å². The van der Waals surface area contributed by atoms with E-state index in [2.05, 4.69) is 10.3 Å². The maximum atomic E-state index is 11.9. The highest BCUT2D eigenvalue weighted by molar-refractivity contribution is 7.16. The summed E-state index contributed by atoms with van der Waals surface area (Å²) in [6.07, 6.45) is 1.39. The van der Waals surface area contributed by atoms with E-state index >= 15 is 0 Å². The van der Waals surface area contributed by atoms with Crippen LogP contribution in [0.15, 0.2) is 23.7 Å². The topological polar surface area (TPSA) is 77.2 Å². The number of ether oxygens (including phenoxy) is 1. The molecule has 0 saturated heterocycles. The van der Waals surface area contributed by atoms with Crippen molar-refractivity contribution < 1.29 is 9.53 Å². The Kier molecular flexibility index (Phi) is 4.84. The number of carbonyl (C=O) groups is 1. The van der Waals surface area contributed by atoms with Gasteiger partial charge >= 0.3 is 0 Å². The van der Waals surface area contributed by atoms with E-state index in [1.165, 1.54) is 0 Å². The van der Waals surface area contributed by atoms with Gasteiger partial charge < -0.3 is 15.8 Å². The molecule has 1 heterocycles. The van der Waals surface area contributed by atoms with Gasteiger partial charge in [0, 0.05) is 19.4 Å². The molecule has 0 radical (unpaired) electrons. The summed E-state index contributed by atoms with van der Waals surface area (Å²) in [5.74, 6) is -0.167. The molecule has 5 nitrogen and oxygen atoms in total. The Labute approximate surface area is 115 Å². The molecule has 0 bridgehead atoms. The number of aromatic nitrogens is 1. The van der Waals surface area contributed by atoms with E-state index in [4.69, 9.17) is 10.5 Å². The number of nitrogens with two attached hydrogens (primary N) is 1. The van der Waals surface area contributed by atoms with Gasteiger partial charge in [0.1, 0.15) is 0 Å². The van der Waals surface area contributed by atoms with Crippen molar-refractivity contribution in [3.05, 3.63) is 23.7 Å². The number of benzene rings is 1. The van der Waals surface area contributed by atoms with Gasteiger partial charge in [-0.3, -0.25) is 4.79 Å². The molecule has 0 aliphatic rings. The van der Waals surface area contributed by atoms with E-state index in [9.17, 15) is 4.79 Å². The standard InChI is InChI=1S/C13H17N3O2S/c1-18-6-2-3-10(14)13(17)16-9-4-5-11-12(7-9)19-8-15-11/h4-5,7-8,10H,2-3,6,14H2,1H3,(H,16,17). The zero-order valence-corrected chi connectivity index (χ0v) is 11.6. The number of anilines is 1. The van der Waals surface area contributed by atoms with Gasteiger partial charge in [-0.15, -0.1) is 11.3 Å². The zero-order valence-electron chi connectivity index (χ0n) is 10.8. The molecular formula is C13H17N3O2S. The molecule has 0 aliphatic heterocycles. The van der Waals surface area contributed by atoms with Crippen molar-refractivity contribution in [2.45, 2.75) is 18.9 Å². The third kappa shape index (κ3) is 3.73. The number of nitrogens with zero attached hydrogens (tertiary/aromatic N) is 1. The van der Waals surface area contributed by atoms with Crippen molar-refractivity contribution in [2.24, 2.45) is 5.73 Å². The van der Waals surface area contributed by atoms with Gasteiger partial charge in [-0.05, 0) is 31.0 Å². The van der Waals surface area contributed by atoms with Gasteiger partial charge in [0.15, 0.2) is 0 Å². The normalized spacial score (nSPS) is 12.5. The molecule has 19 heavy (non-hydrogen) atoms. The first-order chi connectivity index (χ1) is 9.20. The smallest absolute Gasteiger partial charge is 0.241 e. The van der Waals surface area contributed by atoms with Crippen LogP contribution in [0.5, 0.6) is 0 Å². The number of amides is 1. The van der Waals surface area contributed by atoms with Gasteiger partial charge in [-0.2, -0.15) is 0 Å². The number of carbonyl (C=O) groups excluding carboxylic acids is 1. The summed E-state index contributed by atoms with van der Waals surface area (Å²) in [6, 6.07) is 5.12. The first kappa shape index (κ1) is 13.9. The second-order valence-electron chi connectivity index (χ2n) is 4.27. The highest BCUT2D eigenvalue weighted by atomic mass is 32.1. The first-order valence-corrected chi connectivity index (χ1v) is 6.97. The Hall–Kier alpha value is -1.50. The molecule has 1 unspecified atom stereocenters. The number of rotatable bonds is 6. The molecule has 0 aliphatic carbocycles. The predicted octanol–water partition coefficient (Wildman–Crippen LogP) is 1.99. The number of hydrogen-bond donors (Lipinski definition) is 2. The lowest BCUT2D eigenvalue weighted by molar-refractivity contribution is -0.117. The fourth-order valence-corrected chi connectivity index (χ4v) is 2.46. The monoisotopic (exact) mass is 279 g/mol. The number of fused-ring (bicyclic) bond motifs is 1. The van der Waals surface area contributed by atoms with E-state index in [1.807, 2.05) is 18.2 Å². The molecule has 0 spiro atoms. The molecule has 2 aromatic rings. The number of hydrogen-bond acceptors (Lipinski definition) is 5. The van der Waals surface area contributed by atoms with Crippen LogP contribution in [-0.4, -0.2) is 30.6 Å². The van der Waals surface area contributed by atoms with E-state index < -0.39 is 6.04 Å². The largest absolute Gasteiger partial charge is 0.385 e. The lowest BCUT2D eigenvalue weighted by Gasteiger charge is -2.11. The lowest BCUT2D eigenvalue weighted by Crippen LogP contribution is -2.35. The van der Waals surface area contributed by atoms with Crippen LogP contribution < -0.4 is 11.1 Å². The Morgan fingerprint density at radius 1 is 1.58 bits per heavy atom. The predicted molar refractivity (Wildman–Crippen MR) is 77.3 cm³/mol. The zero-order chi connectivity index (χ0) is 13.7. The molecule has 102 valence electrons. The van der Waals surface area contributed by atoms with Crippen LogP contribution >= 0.6 is 11.3 Å².